The van der Waals surface area contributed by atoms with Crippen LogP contribution in [-0.4, -0.2) is 12.2 Å². The number of ether oxygens (including phenoxy) is 1. The predicted molar refractivity (Wildman–Crippen MR) is 55.9 cm³/mol. The predicted octanol–water partition coefficient (Wildman–Crippen LogP) is 3.06. The third-order valence-corrected chi connectivity index (χ3v) is 3.03. The summed E-state index contributed by atoms with van der Waals surface area (Å²) in [6.45, 7) is 0. The number of aromatic hydroxyl groups is 1. The molecule has 0 aromatic heterocycles. The van der Waals surface area contributed by atoms with Crippen LogP contribution in [0, 0.1) is 0 Å². The Labute approximate surface area is 84.5 Å². The van der Waals surface area contributed by atoms with Crippen LogP contribution in [0.5, 0.6) is 11.5 Å². The fourth-order valence-electron chi connectivity index (χ4n) is 2.22. The largest absolute Gasteiger partial charge is 0.508 e. The van der Waals surface area contributed by atoms with Gasteiger partial charge in [-0.3, -0.25) is 0 Å². The van der Waals surface area contributed by atoms with Gasteiger partial charge in [0.2, 0.25) is 0 Å². The van der Waals surface area contributed by atoms with Gasteiger partial charge in [-0.1, -0.05) is 12.8 Å². The van der Waals surface area contributed by atoms with Crippen LogP contribution in [0.25, 0.3) is 0 Å². The van der Waals surface area contributed by atoms with Gasteiger partial charge < -0.3 is 9.84 Å². The maximum absolute atomic E-state index is 9.74. The number of rotatable bonds is 2. The Bertz CT molecular complexity index is 314. The molecule has 1 N–H and O–H groups in total. The van der Waals surface area contributed by atoms with Gasteiger partial charge in [0.15, 0.2) is 0 Å². The molecule has 76 valence electrons. The minimum Gasteiger partial charge on any atom is -0.508 e. The molecule has 0 atom stereocenters. The van der Waals surface area contributed by atoms with Crippen LogP contribution >= 0.6 is 0 Å². The van der Waals surface area contributed by atoms with E-state index in [9.17, 15) is 5.11 Å². The second kappa shape index (κ2) is 3.91. The number of phenols is 1. The summed E-state index contributed by atoms with van der Waals surface area (Å²) >= 11 is 0. The minimum absolute atomic E-state index is 0.415. The third kappa shape index (κ3) is 1.69. The van der Waals surface area contributed by atoms with Crippen molar-refractivity contribution in [2.24, 2.45) is 0 Å². The second-order valence-electron chi connectivity index (χ2n) is 3.91. The van der Waals surface area contributed by atoms with Crippen LogP contribution < -0.4 is 4.74 Å². The fourth-order valence-corrected chi connectivity index (χ4v) is 2.22. The highest BCUT2D eigenvalue weighted by Gasteiger charge is 2.20. The van der Waals surface area contributed by atoms with Gasteiger partial charge in [-0.2, -0.15) is 0 Å². The van der Waals surface area contributed by atoms with E-state index >= 15 is 0 Å². The second-order valence-corrected chi connectivity index (χ2v) is 3.91. The van der Waals surface area contributed by atoms with E-state index in [0.29, 0.717) is 11.7 Å². The Kier molecular flexibility index (Phi) is 2.62. The molecule has 0 bridgehead atoms. The molecule has 0 aliphatic heterocycles. The molecule has 2 rings (SSSR count). The molecule has 1 aromatic carbocycles. The number of methoxy groups -OCH3 is 1. The maximum atomic E-state index is 9.74. The summed E-state index contributed by atoms with van der Waals surface area (Å²) in [4.78, 5) is 0. The highest BCUT2D eigenvalue weighted by Crippen LogP contribution is 2.39. The van der Waals surface area contributed by atoms with Gasteiger partial charge in [0.1, 0.15) is 11.5 Å². The fraction of sp³-hybridized carbons (Fsp3) is 0.500. The highest BCUT2D eigenvalue weighted by atomic mass is 16.5. The van der Waals surface area contributed by atoms with Crippen molar-refractivity contribution in [1.82, 2.24) is 0 Å². The molecular formula is C12H16O2. The third-order valence-electron chi connectivity index (χ3n) is 3.03. The standard InChI is InChI=1S/C12H16O2/c1-14-10-6-7-12(13)11(8-10)9-4-2-3-5-9/h6-9,13H,2-5H2,1H3. The van der Waals surface area contributed by atoms with E-state index in [1.807, 2.05) is 6.07 Å². The number of phenolic OH excluding ortho intramolecular Hbond substituents is 1. The molecule has 0 heterocycles. The van der Waals surface area contributed by atoms with Crippen LogP contribution in [0.3, 0.4) is 0 Å². The Hall–Kier alpha value is -1.18. The lowest BCUT2D eigenvalue weighted by Crippen LogP contribution is -1.94. The molecular weight excluding hydrogens is 176 g/mol. The number of hydrogen-bond acceptors (Lipinski definition) is 2. The summed E-state index contributed by atoms with van der Waals surface area (Å²) in [7, 11) is 1.66. The van der Waals surface area contributed by atoms with Crippen molar-refractivity contribution in [3.63, 3.8) is 0 Å². The first-order valence-electron chi connectivity index (χ1n) is 5.18. The lowest BCUT2D eigenvalue weighted by atomic mass is 9.96. The SMILES string of the molecule is COc1ccc(O)c(C2CCCC2)c1. The van der Waals surface area contributed by atoms with Gasteiger partial charge in [-0.15, -0.1) is 0 Å². The Morgan fingerprint density at radius 3 is 2.64 bits per heavy atom. The lowest BCUT2D eigenvalue weighted by molar-refractivity contribution is 0.409. The van der Waals surface area contributed by atoms with Gasteiger partial charge >= 0.3 is 0 Å². The van der Waals surface area contributed by atoms with Crippen molar-refractivity contribution in [2.45, 2.75) is 31.6 Å². The summed E-state index contributed by atoms with van der Waals surface area (Å²) in [6.07, 6.45) is 4.95. The van der Waals surface area contributed by atoms with E-state index in [2.05, 4.69) is 0 Å². The van der Waals surface area contributed by atoms with E-state index in [1.165, 1.54) is 25.7 Å². The molecule has 1 aliphatic rings. The van der Waals surface area contributed by atoms with Gasteiger partial charge in [-0.05, 0) is 37.0 Å². The average Bonchev–Trinajstić information content (AvgIpc) is 2.71. The van der Waals surface area contributed by atoms with Crippen LogP contribution in [0.4, 0.5) is 0 Å². The Balaban J connectivity index is 2.29. The number of benzene rings is 1. The van der Waals surface area contributed by atoms with Gasteiger partial charge in [0.25, 0.3) is 0 Å². The highest BCUT2D eigenvalue weighted by molar-refractivity contribution is 5.41. The zero-order valence-corrected chi connectivity index (χ0v) is 8.49. The minimum atomic E-state index is 0.415. The van der Waals surface area contributed by atoms with Crippen molar-refractivity contribution >= 4 is 0 Å². The average molecular weight is 192 g/mol. The van der Waals surface area contributed by atoms with Crippen LogP contribution in [0.2, 0.25) is 0 Å². The summed E-state index contributed by atoms with van der Waals surface area (Å²) in [6, 6.07) is 5.49. The molecule has 0 amide bonds. The lowest BCUT2D eigenvalue weighted by Gasteiger charge is -2.12. The van der Waals surface area contributed by atoms with E-state index < -0.39 is 0 Å². The monoisotopic (exact) mass is 192 g/mol. The number of hydrogen-bond donors (Lipinski definition) is 1. The van der Waals surface area contributed by atoms with Crippen molar-refractivity contribution in [3.8, 4) is 11.5 Å². The summed E-state index contributed by atoms with van der Waals surface area (Å²) in [5.74, 6) is 1.78. The van der Waals surface area contributed by atoms with Crippen LogP contribution in [0.15, 0.2) is 18.2 Å². The smallest absolute Gasteiger partial charge is 0.119 e. The summed E-state index contributed by atoms with van der Waals surface area (Å²) in [5, 5.41) is 9.74. The van der Waals surface area contributed by atoms with E-state index in [0.717, 1.165) is 11.3 Å². The molecule has 1 aromatic rings. The molecule has 2 heteroatoms. The quantitative estimate of drug-likeness (QED) is 0.780. The van der Waals surface area contributed by atoms with Gasteiger partial charge in [0, 0.05) is 5.56 Å². The Morgan fingerprint density at radius 1 is 1.29 bits per heavy atom. The molecule has 14 heavy (non-hydrogen) atoms. The first-order valence-corrected chi connectivity index (χ1v) is 5.18. The molecule has 1 saturated carbocycles. The first kappa shape index (κ1) is 9.38. The molecule has 0 unspecified atom stereocenters. The van der Waals surface area contributed by atoms with Gasteiger partial charge in [-0.25, -0.2) is 0 Å². The molecule has 1 fully saturated rings. The molecule has 0 saturated heterocycles. The zero-order chi connectivity index (χ0) is 9.97. The van der Waals surface area contributed by atoms with Crippen LogP contribution in [0.1, 0.15) is 37.2 Å². The van der Waals surface area contributed by atoms with Crippen LogP contribution in [-0.2, 0) is 0 Å². The van der Waals surface area contributed by atoms with Gasteiger partial charge in [0.05, 0.1) is 7.11 Å². The van der Waals surface area contributed by atoms with Crippen molar-refractivity contribution in [1.29, 1.82) is 0 Å². The normalized spacial score (nSPS) is 17.2. The Morgan fingerprint density at radius 2 is 2.00 bits per heavy atom. The molecule has 0 spiro atoms. The summed E-state index contributed by atoms with van der Waals surface area (Å²) in [5.41, 5.74) is 1.06. The van der Waals surface area contributed by atoms with E-state index in [-0.39, 0.29) is 0 Å². The molecule has 1 aliphatic carbocycles. The topological polar surface area (TPSA) is 29.5 Å². The maximum Gasteiger partial charge on any atom is 0.119 e. The van der Waals surface area contributed by atoms with Crippen molar-refractivity contribution < 1.29 is 9.84 Å². The zero-order valence-electron chi connectivity index (χ0n) is 8.49. The molecule has 0 radical (unpaired) electrons. The first-order chi connectivity index (χ1) is 6.81. The van der Waals surface area contributed by atoms with E-state index in [4.69, 9.17) is 4.74 Å². The van der Waals surface area contributed by atoms with E-state index in [1.54, 1.807) is 19.2 Å². The van der Waals surface area contributed by atoms with Crippen molar-refractivity contribution in [3.05, 3.63) is 23.8 Å². The summed E-state index contributed by atoms with van der Waals surface area (Å²) < 4.78 is 5.16. The van der Waals surface area contributed by atoms with Crippen molar-refractivity contribution in [2.75, 3.05) is 7.11 Å². The molecule has 2 nitrogen and oxygen atoms in total.